The molecule has 1 saturated carbocycles. The minimum absolute atomic E-state index is 0.0382. The predicted molar refractivity (Wildman–Crippen MR) is 140 cm³/mol. The Balaban J connectivity index is 0.000000306. The summed E-state index contributed by atoms with van der Waals surface area (Å²) in [5.74, 6) is 0.714. The number of rotatable bonds is 3. The van der Waals surface area contributed by atoms with Gasteiger partial charge in [-0.15, -0.1) is 10.2 Å². The molecule has 1 fully saturated rings. The summed E-state index contributed by atoms with van der Waals surface area (Å²) in [6.45, 7) is 0. The summed E-state index contributed by atoms with van der Waals surface area (Å²) in [5, 5.41) is 19.6. The van der Waals surface area contributed by atoms with Crippen LogP contribution < -0.4 is 16.6 Å². The summed E-state index contributed by atoms with van der Waals surface area (Å²) in [6, 6.07) is 11.2. The van der Waals surface area contributed by atoms with Gasteiger partial charge in [0.1, 0.15) is 5.82 Å². The molecule has 0 saturated heterocycles. The minimum atomic E-state index is -0.0382. The number of aromatic amines is 1. The van der Waals surface area contributed by atoms with Crippen LogP contribution >= 0.6 is 0 Å². The third-order valence-corrected chi connectivity index (χ3v) is 5.96. The fraction of sp³-hybridized carbons (Fsp3) is 0.385. The van der Waals surface area contributed by atoms with Crippen molar-refractivity contribution in [1.29, 1.82) is 0 Å². The van der Waals surface area contributed by atoms with Gasteiger partial charge in [0, 0.05) is 37.3 Å². The zero-order valence-corrected chi connectivity index (χ0v) is 20.3. The number of anilines is 1. The lowest BCUT2D eigenvalue weighted by Gasteiger charge is -2.08. The van der Waals surface area contributed by atoms with Crippen molar-refractivity contribution in [3.8, 4) is 22.4 Å². The summed E-state index contributed by atoms with van der Waals surface area (Å²) in [4.78, 5) is 11.6. The Morgan fingerprint density at radius 2 is 1.53 bits per heavy atom. The largest absolute Gasteiger partial charge is 0.372 e. The van der Waals surface area contributed by atoms with E-state index in [4.69, 9.17) is 0 Å². The maximum Gasteiger partial charge on any atom is 0.250 e. The maximum atomic E-state index is 11.6. The predicted octanol–water partition coefficient (Wildman–Crippen LogP) is 4.73. The third kappa shape index (κ3) is 6.08. The van der Waals surface area contributed by atoms with Gasteiger partial charge in [0.2, 0.25) is 5.56 Å². The number of benzene rings is 1. The molecule has 180 valence electrons. The minimum Gasteiger partial charge on any atom is -0.372 e. The molecule has 34 heavy (non-hydrogen) atoms. The molecular weight excluding hydrogens is 426 g/mol. The highest BCUT2D eigenvalue weighted by Crippen LogP contribution is 2.33. The number of aryl methyl sites for hydroxylation is 1. The zero-order chi connectivity index (χ0) is 24.3. The molecule has 8 nitrogen and oxygen atoms in total. The normalized spacial score (nSPS) is 13.2. The Morgan fingerprint density at radius 1 is 0.882 bits per heavy atom. The van der Waals surface area contributed by atoms with E-state index in [1.54, 1.807) is 30.9 Å². The van der Waals surface area contributed by atoms with Gasteiger partial charge in [0.15, 0.2) is 0 Å². The molecule has 1 aromatic carbocycles. The fourth-order valence-electron chi connectivity index (χ4n) is 4.10. The Hall–Kier alpha value is -3.52. The topological polar surface area (TPSA) is 115 Å². The molecule has 0 amide bonds. The Kier molecular flexibility index (Phi) is 9.34. The van der Waals surface area contributed by atoms with E-state index in [9.17, 15) is 4.79 Å². The number of nitrogens with zero attached hydrogens (tertiary/aromatic N) is 4. The van der Waals surface area contributed by atoms with Crippen LogP contribution in [0.15, 0.2) is 53.6 Å². The Morgan fingerprint density at radius 3 is 2.09 bits per heavy atom. The maximum absolute atomic E-state index is 11.6. The van der Waals surface area contributed by atoms with Gasteiger partial charge in [0.25, 0.3) is 0 Å². The number of hydrogen-bond acceptors (Lipinski definition) is 6. The second-order valence-corrected chi connectivity index (χ2v) is 8.21. The van der Waals surface area contributed by atoms with E-state index in [2.05, 4.69) is 31.4 Å². The van der Waals surface area contributed by atoms with Crippen LogP contribution in [0.3, 0.4) is 0 Å². The average molecular weight is 462 g/mol. The molecule has 0 spiro atoms. The number of nitrogens with two attached hydrogens (primary N) is 1. The number of hydrogen-bond donors (Lipinski definition) is 3. The van der Waals surface area contributed by atoms with Gasteiger partial charge in [-0.05, 0) is 42.4 Å². The fourth-order valence-corrected chi connectivity index (χ4v) is 4.10. The number of aromatic nitrogens is 5. The molecule has 3 aromatic heterocycles. The van der Waals surface area contributed by atoms with Gasteiger partial charge >= 0.3 is 0 Å². The van der Waals surface area contributed by atoms with Crippen molar-refractivity contribution in [2.75, 3.05) is 19.4 Å². The summed E-state index contributed by atoms with van der Waals surface area (Å²) < 4.78 is 1.57. The van der Waals surface area contributed by atoms with Crippen LogP contribution in [-0.2, 0) is 7.05 Å². The highest BCUT2D eigenvalue weighted by molar-refractivity contribution is 6.01. The van der Waals surface area contributed by atoms with Gasteiger partial charge in [-0.25, -0.2) is 0 Å². The van der Waals surface area contributed by atoms with E-state index in [1.165, 1.54) is 52.0 Å². The van der Waals surface area contributed by atoms with Crippen molar-refractivity contribution < 1.29 is 0 Å². The van der Waals surface area contributed by atoms with Crippen molar-refractivity contribution in [2.45, 2.75) is 44.9 Å². The lowest BCUT2D eigenvalue weighted by atomic mass is 9.99. The van der Waals surface area contributed by atoms with Crippen LogP contribution in [0.5, 0.6) is 0 Å². The first-order valence-electron chi connectivity index (χ1n) is 11.9. The van der Waals surface area contributed by atoms with E-state index in [1.807, 2.05) is 36.5 Å². The number of pyridine rings is 1. The van der Waals surface area contributed by atoms with Gasteiger partial charge in [0.05, 0.1) is 17.4 Å². The van der Waals surface area contributed by atoms with Crippen LogP contribution in [0.2, 0.25) is 0 Å². The smallest absolute Gasteiger partial charge is 0.250 e. The van der Waals surface area contributed by atoms with Gasteiger partial charge < -0.3 is 15.6 Å². The molecule has 0 radical (unpaired) electrons. The van der Waals surface area contributed by atoms with Crippen molar-refractivity contribution in [2.24, 2.45) is 12.8 Å². The highest BCUT2D eigenvalue weighted by atomic mass is 16.1. The number of H-pyrrole nitrogens is 1. The monoisotopic (exact) mass is 461 g/mol. The number of nitrogens with one attached hydrogen (secondary N) is 2. The summed E-state index contributed by atoms with van der Waals surface area (Å²) in [6.07, 6.45) is 14.1. The molecule has 8 heteroatoms. The van der Waals surface area contributed by atoms with E-state index in [-0.39, 0.29) is 5.56 Å². The van der Waals surface area contributed by atoms with Crippen LogP contribution in [0.25, 0.3) is 33.3 Å². The van der Waals surface area contributed by atoms with E-state index in [0.717, 1.165) is 33.3 Å². The zero-order valence-electron chi connectivity index (χ0n) is 20.3. The first kappa shape index (κ1) is 25.1. The van der Waals surface area contributed by atoms with E-state index < -0.39 is 0 Å². The summed E-state index contributed by atoms with van der Waals surface area (Å²) >= 11 is 0. The molecule has 0 unspecified atom stereocenters. The molecule has 0 atom stereocenters. The second-order valence-electron chi connectivity index (χ2n) is 8.21. The lowest BCUT2D eigenvalue weighted by molar-refractivity contribution is 0.702. The molecule has 4 aromatic rings. The van der Waals surface area contributed by atoms with Gasteiger partial charge in [-0.3, -0.25) is 9.89 Å². The van der Waals surface area contributed by atoms with Crippen molar-refractivity contribution in [3.63, 3.8) is 0 Å². The first-order chi connectivity index (χ1) is 16.7. The molecule has 3 heterocycles. The summed E-state index contributed by atoms with van der Waals surface area (Å²) in [7, 11) is 5.05. The average Bonchev–Trinajstić information content (AvgIpc) is 3.18. The third-order valence-electron chi connectivity index (χ3n) is 5.96. The van der Waals surface area contributed by atoms with Crippen LogP contribution in [-0.4, -0.2) is 39.1 Å². The highest BCUT2D eigenvalue weighted by Gasteiger charge is 2.13. The first-order valence-corrected chi connectivity index (χ1v) is 11.9. The van der Waals surface area contributed by atoms with Crippen LogP contribution in [0, 0.1) is 0 Å². The van der Waals surface area contributed by atoms with Crippen molar-refractivity contribution in [3.05, 3.63) is 59.1 Å². The van der Waals surface area contributed by atoms with Gasteiger partial charge in [-0.1, -0.05) is 51.0 Å². The van der Waals surface area contributed by atoms with Crippen LogP contribution in [0.1, 0.15) is 44.9 Å². The molecule has 5 rings (SSSR count). The summed E-state index contributed by atoms with van der Waals surface area (Å²) in [5.41, 5.74) is 9.00. The van der Waals surface area contributed by atoms with E-state index in [0.29, 0.717) is 5.82 Å². The standard InChI is InChI=1S/C18H16N6O.C7H14.CH5N/c1-19-16-7-6-15(21-22-16)13-5-4-12(14-9-20-23-18(13)14)11-3-8-17(25)24(2)10-11;1-2-4-6-7-5-3-1;1-2/h3-10H,1-2H3,(H,19,22)(H,20,23);1-7H2;2H2,1H3. The molecule has 1 aliphatic rings. The Labute approximate surface area is 200 Å². The molecule has 4 N–H and O–H groups in total. The SMILES string of the molecule is C1CCCCCC1.CN.CNc1ccc(-c2ccc(-c3ccc(=O)n(C)c3)c3cn[nH]c23)nn1. The molecule has 0 aliphatic heterocycles. The molecular formula is C26H35N7O. The second kappa shape index (κ2) is 12.6. The quantitative estimate of drug-likeness (QED) is 0.380. The molecule has 1 aliphatic carbocycles. The van der Waals surface area contributed by atoms with E-state index >= 15 is 0 Å². The van der Waals surface area contributed by atoms with Gasteiger partial charge in [-0.2, -0.15) is 5.10 Å². The van der Waals surface area contributed by atoms with Crippen molar-refractivity contribution in [1.82, 2.24) is 25.0 Å². The Bertz CT molecular complexity index is 1210. The van der Waals surface area contributed by atoms with Crippen molar-refractivity contribution >= 4 is 16.7 Å². The van der Waals surface area contributed by atoms with Crippen LogP contribution in [0.4, 0.5) is 5.82 Å². The lowest BCUT2D eigenvalue weighted by Crippen LogP contribution is -2.13. The number of fused-ring (bicyclic) bond motifs is 1. The molecule has 0 bridgehead atoms.